The molecule has 3 heterocycles. The number of amides is 2. The molecule has 1 N–H and O–H groups in total. The van der Waals surface area contributed by atoms with Crippen molar-refractivity contribution in [2.75, 3.05) is 49.5 Å². The average molecular weight is 455 g/mol. The first kappa shape index (κ1) is 22.7. The summed E-state index contributed by atoms with van der Waals surface area (Å²) in [5.41, 5.74) is 2.21. The van der Waals surface area contributed by atoms with Crippen molar-refractivity contribution in [2.45, 2.75) is 19.5 Å². The highest BCUT2D eigenvalue weighted by Crippen LogP contribution is 2.23. The Labute approximate surface area is 191 Å². The van der Waals surface area contributed by atoms with E-state index in [2.05, 4.69) is 38.9 Å². The summed E-state index contributed by atoms with van der Waals surface area (Å²) in [7, 11) is 0. The molecule has 1 aromatic carbocycles. The molecule has 1 atom stereocenters. The highest BCUT2D eigenvalue weighted by atomic mass is 19.1. The van der Waals surface area contributed by atoms with Crippen molar-refractivity contribution >= 4 is 23.8 Å². The summed E-state index contributed by atoms with van der Waals surface area (Å²) >= 11 is 0. The van der Waals surface area contributed by atoms with Gasteiger partial charge in [0.25, 0.3) is 0 Å². The van der Waals surface area contributed by atoms with Crippen LogP contribution in [0.15, 0.2) is 43.1 Å². The largest absolute Gasteiger partial charge is 0.447 e. The van der Waals surface area contributed by atoms with Crippen molar-refractivity contribution in [3.8, 4) is 0 Å². The fourth-order valence-electron chi connectivity index (χ4n) is 3.91. The monoisotopic (exact) mass is 454 g/mol. The molecule has 0 unspecified atom stereocenters. The highest BCUT2D eigenvalue weighted by molar-refractivity contribution is 5.88. The van der Waals surface area contributed by atoms with Gasteiger partial charge >= 0.3 is 6.09 Å². The van der Waals surface area contributed by atoms with Crippen molar-refractivity contribution in [1.29, 1.82) is 0 Å². The molecule has 33 heavy (non-hydrogen) atoms. The van der Waals surface area contributed by atoms with Gasteiger partial charge in [-0.25, -0.2) is 14.2 Å². The van der Waals surface area contributed by atoms with Gasteiger partial charge in [0, 0.05) is 32.7 Å². The SMILES string of the molecule is C=CC(=O)N1CCN(Cc2ccc([C@H](C)Nc3ncc(F)c(N4CCOC4=O)n3)cc2)CC1. The average Bonchev–Trinajstić information content (AvgIpc) is 3.26. The Balaban J connectivity index is 1.34. The van der Waals surface area contributed by atoms with Gasteiger partial charge in [0.1, 0.15) is 6.61 Å². The molecule has 0 saturated carbocycles. The quantitative estimate of drug-likeness (QED) is 0.643. The Bertz CT molecular complexity index is 1020. The summed E-state index contributed by atoms with van der Waals surface area (Å²) in [5.74, 6) is -0.550. The number of carbonyl (C=O) groups is 2. The van der Waals surface area contributed by atoms with E-state index in [4.69, 9.17) is 4.74 Å². The molecule has 2 aromatic rings. The zero-order chi connectivity index (χ0) is 23.4. The maximum Gasteiger partial charge on any atom is 0.415 e. The first-order valence-corrected chi connectivity index (χ1v) is 10.9. The Kier molecular flexibility index (Phi) is 6.83. The lowest BCUT2D eigenvalue weighted by Gasteiger charge is -2.34. The number of nitrogens with zero attached hydrogens (tertiary/aromatic N) is 5. The minimum absolute atomic E-state index is 0.0156. The topological polar surface area (TPSA) is 90.9 Å². The van der Waals surface area contributed by atoms with Gasteiger partial charge in [0.15, 0.2) is 11.6 Å². The van der Waals surface area contributed by atoms with Gasteiger partial charge in [-0.2, -0.15) is 4.98 Å². The molecule has 9 nitrogen and oxygen atoms in total. The van der Waals surface area contributed by atoms with Crippen LogP contribution in [0.5, 0.6) is 0 Å². The summed E-state index contributed by atoms with van der Waals surface area (Å²) in [6.07, 6.45) is 1.80. The van der Waals surface area contributed by atoms with Crippen LogP contribution in [0, 0.1) is 5.82 Å². The standard InChI is InChI=1S/C23H27FN6O3/c1-3-20(31)29-10-8-28(9-11-29)15-17-4-6-18(7-5-17)16(2)26-22-25-14-19(24)21(27-22)30-12-13-33-23(30)32/h3-7,14,16H,1,8-13,15H2,2H3,(H,25,26,27)/t16-/m0/s1. The first-order chi connectivity index (χ1) is 15.9. The molecule has 174 valence electrons. The number of ether oxygens (including phenoxy) is 1. The summed E-state index contributed by atoms with van der Waals surface area (Å²) in [6.45, 7) is 9.85. The number of cyclic esters (lactones) is 1. The van der Waals surface area contributed by atoms with Crippen molar-refractivity contribution in [2.24, 2.45) is 0 Å². The number of benzene rings is 1. The van der Waals surface area contributed by atoms with Crippen molar-refractivity contribution in [3.63, 3.8) is 0 Å². The molecule has 2 saturated heterocycles. The molecule has 0 bridgehead atoms. The van der Waals surface area contributed by atoms with Gasteiger partial charge in [0.05, 0.1) is 18.8 Å². The number of piperazine rings is 1. The molecule has 0 radical (unpaired) electrons. The Hall–Kier alpha value is -3.53. The van der Waals surface area contributed by atoms with E-state index in [9.17, 15) is 14.0 Å². The fourth-order valence-corrected chi connectivity index (χ4v) is 3.91. The van der Waals surface area contributed by atoms with Crippen LogP contribution in [0.4, 0.5) is 21.0 Å². The Morgan fingerprint density at radius 1 is 1.24 bits per heavy atom. The van der Waals surface area contributed by atoms with Gasteiger partial charge in [-0.1, -0.05) is 30.8 Å². The number of nitrogens with one attached hydrogen (secondary N) is 1. The lowest BCUT2D eigenvalue weighted by molar-refractivity contribution is -0.127. The number of rotatable bonds is 7. The van der Waals surface area contributed by atoms with E-state index in [1.165, 1.54) is 11.6 Å². The zero-order valence-electron chi connectivity index (χ0n) is 18.5. The van der Waals surface area contributed by atoms with E-state index in [-0.39, 0.29) is 36.9 Å². The molecule has 4 rings (SSSR count). The molecule has 2 fully saturated rings. The van der Waals surface area contributed by atoms with Crippen molar-refractivity contribution in [1.82, 2.24) is 19.8 Å². The van der Waals surface area contributed by atoms with Crippen LogP contribution in [0.3, 0.4) is 0 Å². The van der Waals surface area contributed by atoms with Crippen LogP contribution >= 0.6 is 0 Å². The normalized spacial score (nSPS) is 17.6. The minimum Gasteiger partial charge on any atom is -0.447 e. The molecule has 2 amide bonds. The van der Waals surface area contributed by atoms with Crippen LogP contribution in [0.1, 0.15) is 24.1 Å². The second-order valence-corrected chi connectivity index (χ2v) is 8.04. The van der Waals surface area contributed by atoms with Crippen LogP contribution in [-0.2, 0) is 16.1 Å². The first-order valence-electron chi connectivity index (χ1n) is 10.9. The van der Waals surface area contributed by atoms with Gasteiger partial charge in [0.2, 0.25) is 11.9 Å². The Morgan fingerprint density at radius 3 is 2.61 bits per heavy atom. The lowest BCUT2D eigenvalue weighted by Crippen LogP contribution is -2.47. The van der Waals surface area contributed by atoms with Gasteiger partial charge in [-0.05, 0) is 24.1 Å². The predicted octanol–water partition coefficient (Wildman–Crippen LogP) is 2.58. The highest BCUT2D eigenvalue weighted by Gasteiger charge is 2.28. The van der Waals surface area contributed by atoms with E-state index in [1.807, 2.05) is 24.0 Å². The van der Waals surface area contributed by atoms with Gasteiger partial charge in [-0.15, -0.1) is 0 Å². The Morgan fingerprint density at radius 2 is 1.97 bits per heavy atom. The van der Waals surface area contributed by atoms with E-state index in [0.717, 1.165) is 36.3 Å². The summed E-state index contributed by atoms with van der Waals surface area (Å²) in [6, 6.07) is 8.09. The van der Waals surface area contributed by atoms with Crippen LogP contribution < -0.4 is 10.2 Å². The van der Waals surface area contributed by atoms with Crippen molar-refractivity contribution < 1.29 is 18.7 Å². The number of hydrogen-bond acceptors (Lipinski definition) is 7. The molecular weight excluding hydrogens is 427 g/mol. The fraction of sp³-hybridized carbons (Fsp3) is 0.391. The summed E-state index contributed by atoms with van der Waals surface area (Å²) in [4.78, 5) is 36.9. The van der Waals surface area contributed by atoms with Crippen molar-refractivity contribution in [3.05, 3.63) is 60.1 Å². The molecule has 2 aliphatic rings. The smallest absolute Gasteiger partial charge is 0.415 e. The molecule has 10 heteroatoms. The molecule has 2 aliphatic heterocycles. The summed E-state index contributed by atoms with van der Waals surface area (Å²) < 4.78 is 19.0. The minimum atomic E-state index is -0.675. The number of halogens is 1. The number of carbonyl (C=O) groups excluding carboxylic acids is 2. The predicted molar refractivity (Wildman–Crippen MR) is 121 cm³/mol. The third-order valence-corrected chi connectivity index (χ3v) is 5.83. The second-order valence-electron chi connectivity index (χ2n) is 8.04. The second kappa shape index (κ2) is 9.95. The van der Waals surface area contributed by atoms with E-state index < -0.39 is 11.9 Å². The third kappa shape index (κ3) is 5.28. The molecule has 1 aromatic heterocycles. The maximum atomic E-state index is 14.1. The zero-order valence-corrected chi connectivity index (χ0v) is 18.5. The number of hydrogen-bond donors (Lipinski definition) is 1. The molecule has 0 aliphatic carbocycles. The van der Waals surface area contributed by atoms with Crippen LogP contribution in [0.25, 0.3) is 0 Å². The van der Waals surface area contributed by atoms with Gasteiger partial charge < -0.3 is 15.0 Å². The molecule has 0 spiro atoms. The van der Waals surface area contributed by atoms with E-state index in [1.54, 1.807) is 0 Å². The van der Waals surface area contributed by atoms with Crippen LogP contribution in [-0.4, -0.2) is 71.1 Å². The lowest BCUT2D eigenvalue weighted by atomic mass is 10.1. The van der Waals surface area contributed by atoms with E-state index in [0.29, 0.717) is 13.1 Å². The van der Waals surface area contributed by atoms with Gasteiger partial charge in [-0.3, -0.25) is 14.6 Å². The maximum absolute atomic E-state index is 14.1. The summed E-state index contributed by atoms with van der Waals surface area (Å²) in [5, 5.41) is 3.16. The number of anilines is 2. The third-order valence-electron chi connectivity index (χ3n) is 5.83. The number of aromatic nitrogens is 2. The van der Waals surface area contributed by atoms with E-state index >= 15 is 0 Å². The van der Waals surface area contributed by atoms with Crippen LogP contribution in [0.2, 0.25) is 0 Å². The molecular formula is C23H27FN6O3.